The lowest BCUT2D eigenvalue weighted by Gasteiger charge is -2.18. The summed E-state index contributed by atoms with van der Waals surface area (Å²) in [5.41, 5.74) is 2.52. The average Bonchev–Trinajstić information content (AvgIpc) is 3.16. The molecule has 1 aromatic heterocycles. The Morgan fingerprint density at radius 3 is 2.67 bits per heavy atom. The molecule has 2 heterocycles. The molecule has 0 fully saturated rings. The zero-order chi connectivity index (χ0) is 20.7. The van der Waals surface area contributed by atoms with Crippen LogP contribution >= 0.6 is 11.6 Å². The van der Waals surface area contributed by atoms with Gasteiger partial charge in [0.15, 0.2) is 17.1 Å². The number of carbonyl (C=O) groups excluding carboxylic acids is 1. The van der Waals surface area contributed by atoms with E-state index in [4.69, 9.17) is 25.5 Å². The second-order valence-electron chi connectivity index (χ2n) is 6.64. The molecule has 0 spiro atoms. The second kappa shape index (κ2) is 7.35. The van der Waals surface area contributed by atoms with Gasteiger partial charge in [-0.25, -0.2) is 9.37 Å². The Morgan fingerprint density at radius 2 is 1.83 bits per heavy atom. The van der Waals surface area contributed by atoms with Gasteiger partial charge in [0.25, 0.3) is 5.91 Å². The minimum Gasteiger partial charge on any atom is -0.486 e. The van der Waals surface area contributed by atoms with E-state index in [9.17, 15) is 9.18 Å². The van der Waals surface area contributed by atoms with Gasteiger partial charge in [0.05, 0.1) is 10.6 Å². The van der Waals surface area contributed by atoms with Crippen LogP contribution in [0.5, 0.6) is 11.5 Å². The van der Waals surface area contributed by atoms with Gasteiger partial charge in [-0.3, -0.25) is 4.79 Å². The van der Waals surface area contributed by atoms with Crippen LogP contribution in [0.1, 0.15) is 10.4 Å². The molecule has 5 rings (SSSR count). The molecular formula is C22H14ClFN2O4. The molecule has 0 atom stereocenters. The van der Waals surface area contributed by atoms with Crippen molar-refractivity contribution in [1.82, 2.24) is 4.98 Å². The number of hydrogen-bond acceptors (Lipinski definition) is 5. The highest BCUT2D eigenvalue weighted by molar-refractivity contribution is 6.33. The maximum atomic E-state index is 13.3. The first-order chi connectivity index (χ1) is 14.6. The van der Waals surface area contributed by atoms with Crippen LogP contribution in [0.3, 0.4) is 0 Å². The van der Waals surface area contributed by atoms with Crippen molar-refractivity contribution in [3.63, 3.8) is 0 Å². The molecule has 0 radical (unpaired) electrons. The molecule has 150 valence electrons. The van der Waals surface area contributed by atoms with E-state index in [-0.39, 0.29) is 16.8 Å². The fourth-order valence-electron chi connectivity index (χ4n) is 3.17. The predicted octanol–water partition coefficient (Wildman–Crippen LogP) is 5.31. The summed E-state index contributed by atoms with van der Waals surface area (Å²) in [6.07, 6.45) is 0. The fraction of sp³-hybridized carbons (Fsp3) is 0.0909. The lowest BCUT2D eigenvalue weighted by atomic mass is 10.1. The smallest absolute Gasteiger partial charge is 0.255 e. The Kier molecular flexibility index (Phi) is 4.52. The fourth-order valence-corrected chi connectivity index (χ4v) is 3.42. The van der Waals surface area contributed by atoms with Gasteiger partial charge in [-0.1, -0.05) is 11.6 Å². The molecular weight excluding hydrogens is 411 g/mol. The van der Waals surface area contributed by atoms with Gasteiger partial charge in [-0.2, -0.15) is 0 Å². The number of rotatable bonds is 3. The number of anilines is 1. The van der Waals surface area contributed by atoms with Crippen molar-refractivity contribution in [2.75, 3.05) is 18.5 Å². The molecule has 0 saturated carbocycles. The van der Waals surface area contributed by atoms with Gasteiger partial charge in [0, 0.05) is 11.3 Å². The monoisotopic (exact) mass is 424 g/mol. The largest absolute Gasteiger partial charge is 0.486 e. The number of nitrogens with one attached hydrogen (secondary N) is 1. The van der Waals surface area contributed by atoms with Crippen LogP contribution in [0.4, 0.5) is 10.1 Å². The number of aromatic nitrogens is 1. The van der Waals surface area contributed by atoms with Crippen molar-refractivity contribution in [3.8, 4) is 23.0 Å². The highest BCUT2D eigenvalue weighted by atomic mass is 35.5. The van der Waals surface area contributed by atoms with Crippen molar-refractivity contribution in [2.24, 2.45) is 0 Å². The summed E-state index contributed by atoms with van der Waals surface area (Å²) in [6, 6.07) is 14.1. The quantitative estimate of drug-likeness (QED) is 0.482. The molecule has 1 amide bonds. The number of benzene rings is 3. The van der Waals surface area contributed by atoms with Gasteiger partial charge in [0.1, 0.15) is 24.5 Å². The van der Waals surface area contributed by atoms with Crippen molar-refractivity contribution >= 4 is 34.3 Å². The third-order valence-corrected chi connectivity index (χ3v) is 4.92. The van der Waals surface area contributed by atoms with Crippen molar-refractivity contribution < 1.29 is 23.1 Å². The van der Waals surface area contributed by atoms with E-state index in [1.165, 1.54) is 18.2 Å². The third kappa shape index (κ3) is 3.44. The molecule has 1 aliphatic heterocycles. The number of oxazole rings is 1. The maximum absolute atomic E-state index is 13.3. The molecule has 0 saturated heterocycles. The lowest BCUT2D eigenvalue weighted by Crippen LogP contribution is -2.17. The van der Waals surface area contributed by atoms with Gasteiger partial charge in [-0.05, 0) is 54.6 Å². The molecule has 1 N–H and O–H groups in total. The SMILES string of the molecule is O=C(Nc1ccc2oc(-c3ccc(F)cc3Cl)nc2c1)c1ccc2c(c1)OCCO2. The zero-order valence-corrected chi connectivity index (χ0v) is 16.2. The molecule has 30 heavy (non-hydrogen) atoms. The highest BCUT2D eigenvalue weighted by Crippen LogP contribution is 2.33. The van der Waals surface area contributed by atoms with Gasteiger partial charge < -0.3 is 19.2 Å². The molecule has 0 aliphatic carbocycles. The van der Waals surface area contributed by atoms with E-state index < -0.39 is 5.82 Å². The van der Waals surface area contributed by atoms with E-state index in [0.717, 1.165) is 0 Å². The van der Waals surface area contributed by atoms with Gasteiger partial charge in [0.2, 0.25) is 5.89 Å². The van der Waals surface area contributed by atoms with E-state index in [1.807, 2.05) is 0 Å². The number of fused-ring (bicyclic) bond motifs is 2. The van der Waals surface area contributed by atoms with Crippen LogP contribution in [0.15, 0.2) is 59.0 Å². The summed E-state index contributed by atoms with van der Waals surface area (Å²) in [5, 5.41) is 3.03. The van der Waals surface area contributed by atoms with Crippen LogP contribution in [0.2, 0.25) is 5.02 Å². The van der Waals surface area contributed by atoms with Crippen LogP contribution < -0.4 is 14.8 Å². The van der Waals surface area contributed by atoms with Crippen LogP contribution in [-0.2, 0) is 0 Å². The minimum absolute atomic E-state index is 0.202. The van der Waals surface area contributed by atoms with Crippen LogP contribution in [0, 0.1) is 5.82 Å². The average molecular weight is 425 g/mol. The first-order valence-electron chi connectivity index (χ1n) is 9.14. The number of nitrogens with zero attached hydrogens (tertiary/aromatic N) is 1. The molecule has 8 heteroatoms. The molecule has 0 unspecified atom stereocenters. The van der Waals surface area contributed by atoms with E-state index in [0.29, 0.717) is 52.6 Å². The molecule has 0 bridgehead atoms. The predicted molar refractivity (Wildman–Crippen MR) is 110 cm³/mol. The highest BCUT2D eigenvalue weighted by Gasteiger charge is 2.16. The number of hydrogen-bond donors (Lipinski definition) is 1. The Morgan fingerprint density at radius 1 is 1.00 bits per heavy atom. The third-order valence-electron chi connectivity index (χ3n) is 4.61. The Labute approximate surface area is 175 Å². The number of carbonyl (C=O) groups is 1. The normalized spacial score (nSPS) is 12.7. The number of amides is 1. The molecule has 6 nitrogen and oxygen atoms in total. The molecule has 4 aromatic rings. The standard InChI is InChI=1S/C22H14ClFN2O4/c23-16-10-13(24)2-4-15(16)22-26-17-11-14(3-6-18(17)30-22)25-21(27)12-1-5-19-20(9-12)29-8-7-28-19/h1-6,9-11H,7-8H2,(H,25,27). The summed E-state index contributed by atoms with van der Waals surface area (Å²) in [5.74, 6) is 0.696. The summed E-state index contributed by atoms with van der Waals surface area (Å²) < 4.78 is 30.0. The van der Waals surface area contributed by atoms with Crippen molar-refractivity contribution in [2.45, 2.75) is 0 Å². The molecule has 1 aliphatic rings. The number of ether oxygens (including phenoxy) is 2. The summed E-state index contributed by atoms with van der Waals surface area (Å²) >= 11 is 6.09. The topological polar surface area (TPSA) is 73.6 Å². The van der Waals surface area contributed by atoms with Crippen LogP contribution in [-0.4, -0.2) is 24.1 Å². The Balaban J connectivity index is 1.40. The second-order valence-corrected chi connectivity index (χ2v) is 7.05. The maximum Gasteiger partial charge on any atom is 0.255 e. The van der Waals surface area contributed by atoms with E-state index >= 15 is 0 Å². The first kappa shape index (κ1) is 18.4. The Hall–Kier alpha value is -3.58. The first-order valence-corrected chi connectivity index (χ1v) is 9.52. The molecule has 3 aromatic carbocycles. The van der Waals surface area contributed by atoms with E-state index in [1.54, 1.807) is 36.4 Å². The van der Waals surface area contributed by atoms with Gasteiger partial charge >= 0.3 is 0 Å². The van der Waals surface area contributed by atoms with Crippen molar-refractivity contribution in [1.29, 1.82) is 0 Å². The van der Waals surface area contributed by atoms with Crippen molar-refractivity contribution in [3.05, 3.63) is 71.0 Å². The minimum atomic E-state index is -0.441. The number of halogens is 2. The summed E-state index contributed by atoms with van der Waals surface area (Å²) in [4.78, 5) is 17.0. The Bertz CT molecular complexity index is 1290. The van der Waals surface area contributed by atoms with Gasteiger partial charge in [-0.15, -0.1) is 0 Å². The summed E-state index contributed by atoms with van der Waals surface area (Å²) in [6.45, 7) is 0.933. The lowest BCUT2D eigenvalue weighted by molar-refractivity contribution is 0.102. The van der Waals surface area contributed by atoms with Crippen LogP contribution in [0.25, 0.3) is 22.6 Å². The zero-order valence-electron chi connectivity index (χ0n) is 15.4. The summed E-state index contributed by atoms with van der Waals surface area (Å²) in [7, 11) is 0. The van der Waals surface area contributed by atoms with E-state index in [2.05, 4.69) is 10.3 Å².